The van der Waals surface area contributed by atoms with Gasteiger partial charge in [0.2, 0.25) is 0 Å². The van der Waals surface area contributed by atoms with E-state index in [9.17, 15) is 0 Å². The summed E-state index contributed by atoms with van der Waals surface area (Å²) < 4.78 is 5.81. The van der Waals surface area contributed by atoms with Crippen LogP contribution < -0.4 is 5.32 Å². The first-order valence-electron chi connectivity index (χ1n) is 8.36. The Morgan fingerprint density at radius 3 is 2.81 bits per heavy atom. The summed E-state index contributed by atoms with van der Waals surface area (Å²) in [6, 6.07) is 11.9. The first-order chi connectivity index (χ1) is 10.2. The predicted molar refractivity (Wildman–Crippen MR) is 86.4 cm³/mol. The Morgan fingerprint density at radius 2 is 2.14 bits per heavy atom. The molecule has 21 heavy (non-hydrogen) atoms. The van der Waals surface area contributed by atoms with Crippen LogP contribution in [0.2, 0.25) is 0 Å². The monoisotopic (exact) mass is 288 g/mol. The number of benzene rings is 1. The summed E-state index contributed by atoms with van der Waals surface area (Å²) in [5, 5.41) is 3.74. The molecule has 2 aliphatic heterocycles. The van der Waals surface area contributed by atoms with Crippen LogP contribution in [0.5, 0.6) is 0 Å². The summed E-state index contributed by atoms with van der Waals surface area (Å²) in [6.07, 6.45) is 3.64. The summed E-state index contributed by atoms with van der Waals surface area (Å²) in [7, 11) is 0. The van der Waals surface area contributed by atoms with Crippen LogP contribution in [-0.2, 0) is 4.74 Å². The van der Waals surface area contributed by atoms with Crippen molar-refractivity contribution in [1.82, 2.24) is 10.2 Å². The molecular formula is C18H28N2O. The third kappa shape index (κ3) is 3.15. The van der Waals surface area contributed by atoms with E-state index in [1.165, 1.54) is 24.8 Å². The van der Waals surface area contributed by atoms with E-state index in [4.69, 9.17) is 4.74 Å². The van der Waals surface area contributed by atoms with E-state index < -0.39 is 0 Å². The van der Waals surface area contributed by atoms with Gasteiger partial charge in [-0.3, -0.25) is 4.90 Å². The van der Waals surface area contributed by atoms with Crippen molar-refractivity contribution in [3.63, 3.8) is 0 Å². The highest BCUT2D eigenvalue weighted by Crippen LogP contribution is 2.33. The molecular weight excluding hydrogens is 260 g/mol. The van der Waals surface area contributed by atoms with Crippen molar-refractivity contribution in [1.29, 1.82) is 0 Å². The van der Waals surface area contributed by atoms with Gasteiger partial charge in [-0.1, -0.05) is 37.3 Å². The Bertz CT molecular complexity index is 442. The van der Waals surface area contributed by atoms with Gasteiger partial charge in [-0.05, 0) is 31.7 Å². The fraction of sp³-hybridized carbons (Fsp3) is 0.667. The molecule has 0 amide bonds. The van der Waals surface area contributed by atoms with E-state index in [1.807, 2.05) is 0 Å². The van der Waals surface area contributed by atoms with Gasteiger partial charge >= 0.3 is 0 Å². The third-order valence-corrected chi connectivity index (χ3v) is 5.20. The maximum absolute atomic E-state index is 5.81. The normalized spacial score (nSPS) is 34.8. The van der Waals surface area contributed by atoms with Crippen LogP contribution in [-0.4, -0.2) is 42.8 Å². The minimum atomic E-state index is 0.202. The van der Waals surface area contributed by atoms with Crippen molar-refractivity contribution in [3.8, 4) is 0 Å². The van der Waals surface area contributed by atoms with Crippen LogP contribution in [0.15, 0.2) is 30.3 Å². The molecule has 2 heterocycles. The van der Waals surface area contributed by atoms with Gasteiger partial charge in [-0.2, -0.15) is 0 Å². The SMILES string of the molecule is CCC1CNC(c2ccccc2)CN1C1(C)CCCOC1. The van der Waals surface area contributed by atoms with Gasteiger partial charge in [0.1, 0.15) is 0 Å². The maximum atomic E-state index is 5.81. The molecule has 116 valence electrons. The largest absolute Gasteiger partial charge is 0.380 e. The summed E-state index contributed by atoms with van der Waals surface area (Å²) >= 11 is 0. The van der Waals surface area contributed by atoms with Crippen LogP contribution in [0.4, 0.5) is 0 Å². The lowest BCUT2D eigenvalue weighted by Gasteiger charge is -2.51. The first kappa shape index (κ1) is 15.0. The minimum Gasteiger partial charge on any atom is -0.380 e. The van der Waals surface area contributed by atoms with Crippen LogP contribution in [0, 0.1) is 0 Å². The molecule has 0 saturated carbocycles. The van der Waals surface area contributed by atoms with Crippen molar-refractivity contribution >= 4 is 0 Å². The summed E-state index contributed by atoms with van der Waals surface area (Å²) in [5.74, 6) is 0. The minimum absolute atomic E-state index is 0.202. The molecule has 0 radical (unpaired) electrons. The van der Waals surface area contributed by atoms with Crippen molar-refractivity contribution in [2.24, 2.45) is 0 Å². The van der Waals surface area contributed by atoms with Crippen molar-refractivity contribution in [3.05, 3.63) is 35.9 Å². The number of ether oxygens (including phenoxy) is 1. The number of hydrogen-bond acceptors (Lipinski definition) is 3. The van der Waals surface area contributed by atoms with E-state index in [0.717, 1.165) is 26.3 Å². The zero-order valence-electron chi connectivity index (χ0n) is 13.3. The second-order valence-electron chi connectivity index (χ2n) is 6.74. The Kier molecular flexibility index (Phi) is 4.63. The predicted octanol–water partition coefficient (Wildman–Crippen LogP) is 2.98. The summed E-state index contributed by atoms with van der Waals surface area (Å²) in [4.78, 5) is 2.72. The van der Waals surface area contributed by atoms with Crippen molar-refractivity contribution < 1.29 is 4.74 Å². The second-order valence-corrected chi connectivity index (χ2v) is 6.74. The van der Waals surface area contributed by atoms with E-state index >= 15 is 0 Å². The standard InChI is InChI=1S/C18H28N2O/c1-3-16-12-19-17(15-8-5-4-6-9-15)13-20(16)18(2)10-7-11-21-14-18/h4-6,8-9,16-17,19H,3,7,10-14H2,1-2H3. The number of hydrogen-bond donors (Lipinski definition) is 1. The topological polar surface area (TPSA) is 24.5 Å². The first-order valence-corrected chi connectivity index (χ1v) is 8.36. The average molecular weight is 288 g/mol. The Morgan fingerprint density at radius 1 is 1.33 bits per heavy atom. The van der Waals surface area contributed by atoms with E-state index in [2.05, 4.69) is 54.4 Å². The lowest BCUT2D eigenvalue weighted by molar-refractivity contribution is -0.0723. The molecule has 3 unspecified atom stereocenters. The molecule has 0 aromatic heterocycles. The van der Waals surface area contributed by atoms with Gasteiger partial charge in [0.05, 0.1) is 6.61 Å². The van der Waals surface area contributed by atoms with E-state index in [1.54, 1.807) is 0 Å². The number of rotatable bonds is 3. The van der Waals surface area contributed by atoms with Crippen molar-refractivity contribution in [2.75, 3.05) is 26.3 Å². The molecule has 1 aromatic carbocycles. The van der Waals surface area contributed by atoms with Crippen LogP contribution in [0.3, 0.4) is 0 Å². The molecule has 3 nitrogen and oxygen atoms in total. The highest BCUT2D eigenvalue weighted by Gasteiger charge is 2.41. The molecule has 0 aliphatic carbocycles. The van der Waals surface area contributed by atoms with E-state index in [0.29, 0.717) is 12.1 Å². The molecule has 2 aliphatic rings. The highest BCUT2D eigenvalue weighted by molar-refractivity contribution is 5.20. The van der Waals surface area contributed by atoms with Gasteiger partial charge < -0.3 is 10.1 Å². The van der Waals surface area contributed by atoms with Gasteiger partial charge in [-0.25, -0.2) is 0 Å². The molecule has 3 rings (SSSR count). The molecule has 2 saturated heterocycles. The second kappa shape index (κ2) is 6.47. The third-order valence-electron chi connectivity index (χ3n) is 5.20. The Hall–Kier alpha value is -0.900. The Labute approximate surface area is 128 Å². The molecule has 0 spiro atoms. The smallest absolute Gasteiger partial charge is 0.0647 e. The van der Waals surface area contributed by atoms with Crippen LogP contribution >= 0.6 is 0 Å². The zero-order chi connectivity index (χ0) is 14.7. The fourth-order valence-electron chi connectivity index (χ4n) is 3.88. The molecule has 2 fully saturated rings. The lowest BCUT2D eigenvalue weighted by atomic mass is 9.87. The quantitative estimate of drug-likeness (QED) is 0.925. The van der Waals surface area contributed by atoms with E-state index in [-0.39, 0.29) is 5.54 Å². The molecule has 1 aromatic rings. The van der Waals surface area contributed by atoms with Crippen LogP contribution in [0.1, 0.15) is 44.7 Å². The van der Waals surface area contributed by atoms with Gasteiger partial charge in [-0.15, -0.1) is 0 Å². The zero-order valence-corrected chi connectivity index (χ0v) is 13.3. The number of nitrogens with zero attached hydrogens (tertiary/aromatic N) is 1. The van der Waals surface area contributed by atoms with Crippen LogP contribution in [0.25, 0.3) is 0 Å². The molecule has 1 N–H and O–H groups in total. The summed E-state index contributed by atoms with van der Waals surface area (Å²) in [6.45, 7) is 8.66. The highest BCUT2D eigenvalue weighted by atomic mass is 16.5. The maximum Gasteiger partial charge on any atom is 0.0647 e. The number of nitrogens with one attached hydrogen (secondary N) is 1. The van der Waals surface area contributed by atoms with Gasteiger partial charge in [0.25, 0.3) is 0 Å². The molecule has 3 atom stereocenters. The van der Waals surface area contributed by atoms with Gasteiger partial charge in [0, 0.05) is 37.3 Å². The number of piperazine rings is 1. The molecule has 3 heteroatoms. The van der Waals surface area contributed by atoms with Gasteiger partial charge in [0.15, 0.2) is 0 Å². The summed E-state index contributed by atoms with van der Waals surface area (Å²) in [5.41, 5.74) is 1.60. The fourth-order valence-corrected chi connectivity index (χ4v) is 3.88. The lowest BCUT2D eigenvalue weighted by Crippen LogP contribution is -2.63. The average Bonchev–Trinajstić information content (AvgIpc) is 2.56. The Balaban J connectivity index is 1.78. The molecule has 0 bridgehead atoms. The van der Waals surface area contributed by atoms with Crippen molar-refractivity contribution in [2.45, 2.75) is 50.7 Å².